The van der Waals surface area contributed by atoms with Gasteiger partial charge in [0.1, 0.15) is 6.54 Å². The summed E-state index contributed by atoms with van der Waals surface area (Å²) in [5.41, 5.74) is 2.06. The van der Waals surface area contributed by atoms with Gasteiger partial charge in [0, 0.05) is 26.2 Å². The Morgan fingerprint density at radius 1 is 1.20 bits per heavy atom. The van der Waals surface area contributed by atoms with Gasteiger partial charge >= 0.3 is 0 Å². The molecule has 1 aliphatic heterocycles. The first-order valence-electron chi connectivity index (χ1n) is 6.88. The average Bonchev–Trinajstić information content (AvgIpc) is 2.97. The molecule has 1 saturated heterocycles. The third kappa shape index (κ3) is 2.72. The number of hydrogen-bond acceptors (Lipinski definition) is 3. The second-order valence-corrected chi connectivity index (χ2v) is 4.90. The van der Waals surface area contributed by atoms with Gasteiger partial charge in [-0.3, -0.25) is 4.79 Å². The van der Waals surface area contributed by atoms with Gasteiger partial charge in [-0.2, -0.15) is 0 Å². The van der Waals surface area contributed by atoms with Crippen LogP contribution in [-0.2, 0) is 11.3 Å². The van der Waals surface area contributed by atoms with Crippen molar-refractivity contribution in [1.82, 2.24) is 19.8 Å². The molecular formula is C15H18N4O. The molecule has 0 saturated carbocycles. The minimum atomic E-state index is 0.154. The summed E-state index contributed by atoms with van der Waals surface area (Å²) in [7, 11) is 0. The summed E-state index contributed by atoms with van der Waals surface area (Å²) in [6, 6.07) is 10.0. The normalized spacial score (nSPS) is 15.3. The van der Waals surface area contributed by atoms with Crippen molar-refractivity contribution in [2.75, 3.05) is 26.2 Å². The molecular weight excluding hydrogens is 252 g/mol. The van der Waals surface area contributed by atoms with Crippen LogP contribution in [0.25, 0.3) is 11.3 Å². The number of benzene rings is 1. The van der Waals surface area contributed by atoms with Gasteiger partial charge in [-0.15, -0.1) is 0 Å². The van der Waals surface area contributed by atoms with Crippen LogP contribution in [0.3, 0.4) is 0 Å². The van der Waals surface area contributed by atoms with Crippen molar-refractivity contribution in [3.05, 3.63) is 42.9 Å². The van der Waals surface area contributed by atoms with E-state index in [-0.39, 0.29) is 5.91 Å². The minimum absolute atomic E-state index is 0.154. The quantitative estimate of drug-likeness (QED) is 0.904. The predicted octanol–water partition coefficient (Wildman–Crippen LogP) is 0.982. The molecule has 20 heavy (non-hydrogen) atoms. The largest absolute Gasteiger partial charge is 0.339 e. The van der Waals surface area contributed by atoms with E-state index in [9.17, 15) is 4.79 Å². The highest BCUT2D eigenvalue weighted by Crippen LogP contribution is 2.18. The fraction of sp³-hybridized carbons (Fsp3) is 0.333. The summed E-state index contributed by atoms with van der Waals surface area (Å²) in [6.45, 7) is 3.68. The second-order valence-electron chi connectivity index (χ2n) is 4.90. The Morgan fingerprint density at radius 2 is 1.95 bits per heavy atom. The maximum absolute atomic E-state index is 12.3. The third-order valence-electron chi connectivity index (χ3n) is 3.56. The van der Waals surface area contributed by atoms with Crippen LogP contribution >= 0.6 is 0 Å². The molecule has 1 aromatic heterocycles. The lowest BCUT2D eigenvalue weighted by Crippen LogP contribution is -2.47. The number of rotatable bonds is 3. The van der Waals surface area contributed by atoms with Crippen molar-refractivity contribution in [2.24, 2.45) is 0 Å². The number of nitrogens with one attached hydrogen (secondary N) is 1. The summed E-state index contributed by atoms with van der Waals surface area (Å²) in [6.07, 6.45) is 3.53. The van der Waals surface area contributed by atoms with E-state index in [1.165, 1.54) is 0 Å². The van der Waals surface area contributed by atoms with E-state index in [0.717, 1.165) is 37.4 Å². The fourth-order valence-electron chi connectivity index (χ4n) is 2.46. The third-order valence-corrected chi connectivity index (χ3v) is 3.56. The van der Waals surface area contributed by atoms with E-state index in [1.807, 2.05) is 39.8 Å². The van der Waals surface area contributed by atoms with Gasteiger partial charge in [-0.1, -0.05) is 30.3 Å². The maximum atomic E-state index is 12.3. The highest BCUT2D eigenvalue weighted by atomic mass is 16.2. The molecule has 3 rings (SSSR count). The van der Waals surface area contributed by atoms with Crippen molar-refractivity contribution in [3.8, 4) is 11.3 Å². The molecule has 104 valence electrons. The molecule has 0 bridgehead atoms. The zero-order valence-corrected chi connectivity index (χ0v) is 11.3. The van der Waals surface area contributed by atoms with Gasteiger partial charge in [-0.25, -0.2) is 4.98 Å². The van der Waals surface area contributed by atoms with Crippen LogP contribution in [0.2, 0.25) is 0 Å². The molecule has 0 aliphatic carbocycles. The summed E-state index contributed by atoms with van der Waals surface area (Å²) in [4.78, 5) is 18.4. The van der Waals surface area contributed by atoms with Crippen molar-refractivity contribution in [1.29, 1.82) is 0 Å². The van der Waals surface area contributed by atoms with Gasteiger partial charge in [0.2, 0.25) is 5.91 Å². The fourth-order valence-corrected chi connectivity index (χ4v) is 2.46. The minimum Gasteiger partial charge on any atom is -0.339 e. The van der Waals surface area contributed by atoms with Crippen molar-refractivity contribution < 1.29 is 4.79 Å². The zero-order valence-electron chi connectivity index (χ0n) is 11.3. The van der Waals surface area contributed by atoms with Crippen LogP contribution in [0.4, 0.5) is 0 Å². The molecule has 5 nitrogen and oxygen atoms in total. The van der Waals surface area contributed by atoms with Crippen LogP contribution in [0.1, 0.15) is 0 Å². The first-order chi connectivity index (χ1) is 9.84. The van der Waals surface area contributed by atoms with Crippen molar-refractivity contribution in [2.45, 2.75) is 6.54 Å². The molecule has 1 amide bonds. The van der Waals surface area contributed by atoms with Crippen LogP contribution in [0.15, 0.2) is 42.9 Å². The Morgan fingerprint density at radius 3 is 2.70 bits per heavy atom. The zero-order chi connectivity index (χ0) is 13.8. The van der Waals surface area contributed by atoms with E-state index in [1.54, 1.807) is 12.5 Å². The molecule has 2 aromatic rings. The number of amides is 1. The van der Waals surface area contributed by atoms with Crippen LogP contribution in [-0.4, -0.2) is 46.5 Å². The lowest BCUT2D eigenvalue weighted by atomic mass is 10.2. The van der Waals surface area contributed by atoms with Gasteiger partial charge in [-0.05, 0) is 5.56 Å². The molecule has 1 fully saturated rings. The number of imidazole rings is 1. The van der Waals surface area contributed by atoms with Gasteiger partial charge in [0.15, 0.2) is 0 Å². The van der Waals surface area contributed by atoms with E-state index < -0.39 is 0 Å². The Labute approximate surface area is 118 Å². The number of hydrogen-bond donors (Lipinski definition) is 1. The molecule has 1 N–H and O–H groups in total. The van der Waals surface area contributed by atoms with Gasteiger partial charge in [0.25, 0.3) is 0 Å². The number of aromatic nitrogens is 2. The monoisotopic (exact) mass is 270 g/mol. The molecule has 5 heteroatoms. The Balaban J connectivity index is 1.75. The van der Waals surface area contributed by atoms with Crippen LogP contribution in [0, 0.1) is 0 Å². The molecule has 2 heterocycles. The highest BCUT2D eigenvalue weighted by molar-refractivity contribution is 5.77. The van der Waals surface area contributed by atoms with E-state index in [0.29, 0.717) is 6.54 Å². The number of piperazine rings is 1. The maximum Gasteiger partial charge on any atom is 0.242 e. The summed E-state index contributed by atoms with van der Waals surface area (Å²) >= 11 is 0. The van der Waals surface area contributed by atoms with Gasteiger partial charge in [0.05, 0.1) is 18.2 Å². The molecule has 0 unspecified atom stereocenters. The van der Waals surface area contributed by atoms with E-state index in [2.05, 4.69) is 10.3 Å². The summed E-state index contributed by atoms with van der Waals surface area (Å²) in [5, 5.41) is 3.25. The van der Waals surface area contributed by atoms with Crippen LogP contribution < -0.4 is 5.32 Å². The second kappa shape index (κ2) is 5.88. The molecule has 1 aliphatic rings. The lowest BCUT2D eigenvalue weighted by Gasteiger charge is -2.27. The average molecular weight is 270 g/mol. The SMILES string of the molecule is O=C(Cn1cncc1-c1ccccc1)N1CCNCC1. The van der Waals surface area contributed by atoms with E-state index >= 15 is 0 Å². The molecule has 0 spiro atoms. The summed E-state index contributed by atoms with van der Waals surface area (Å²) < 4.78 is 1.92. The lowest BCUT2D eigenvalue weighted by molar-refractivity contribution is -0.132. The number of carbonyl (C=O) groups excluding carboxylic acids is 1. The van der Waals surface area contributed by atoms with E-state index in [4.69, 9.17) is 0 Å². The first-order valence-corrected chi connectivity index (χ1v) is 6.88. The molecule has 0 radical (unpaired) electrons. The van der Waals surface area contributed by atoms with Crippen molar-refractivity contribution >= 4 is 5.91 Å². The predicted molar refractivity (Wildman–Crippen MR) is 77.1 cm³/mol. The molecule has 1 aromatic carbocycles. The van der Waals surface area contributed by atoms with Crippen molar-refractivity contribution in [3.63, 3.8) is 0 Å². The summed E-state index contributed by atoms with van der Waals surface area (Å²) in [5.74, 6) is 0.154. The number of nitrogens with zero attached hydrogens (tertiary/aromatic N) is 3. The molecule has 0 atom stereocenters. The smallest absolute Gasteiger partial charge is 0.242 e. The topological polar surface area (TPSA) is 50.2 Å². The Hall–Kier alpha value is -2.14. The standard InChI is InChI=1S/C15H18N4O/c20-15(18-8-6-16-7-9-18)11-19-12-17-10-14(19)13-4-2-1-3-5-13/h1-5,10,12,16H,6-9,11H2. The Bertz CT molecular complexity index is 573. The number of carbonyl (C=O) groups is 1. The van der Waals surface area contributed by atoms with Gasteiger partial charge < -0.3 is 14.8 Å². The highest BCUT2D eigenvalue weighted by Gasteiger charge is 2.17. The Kier molecular flexibility index (Phi) is 3.78. The first kappa shape index (κ1) is 12.9. The van der Waals surface area contributed by atoms with Crippen LogP contribution in [0.5, 0.6) is 0 Å².